The number of hydrogen-bond acceptors (Lipinski definition) is 3. The summed E-state index contributed by atoms with van der Waals surface area (Å²) >= 11 is 0. The molecule has 4 heteroatoms. The molecule has 0 bridgehead atoms. The maximum atomic E-state index is 12.9. The van der Waals surface area contributed by atoms with Crippen molar-refractivity contribution in [1.29, 1.82) is 0 Å². The number of furan rings is 1. The average Bonchev–Trinajstić information content (AvgIpc) is 3.15. The zero-order valence-electron chi connectivity index (χ0n) is 13.5. The van der Waals surface area contributed by atoms with Gasteiger partial charge in [0.15, 0.2) is 0 Å². The van der Waals surface area contributed by atoms with E-state index < -0.39 is 0 Å². The molecule has 0 aliphatic carbocycles. The van der Waals surface area contributed by atoms with Gasteiger partial charge in [-0.3, -0.25) is 4.79 Å². The Morgan fingerprint density at radius 3 is 2.33 bits per heavy atom. The van der Waals surface area contributed by atoms with E-state index in [1.165, 1.54) is 0 Å². The first-order valence-corrected chi connectivity index (χ1v) is 7.76. The van der Waals surface area contributed by atoms with E-state index in [9.17, 15) is 4.79 Å². The second kappa shape index (κ2) is 7.51. The van der Waals surface area contributed by atoms with Crippen LogP contribution in [0.4, 0.5) is 0 Å². The summed E-state index contributed by atoms with van der Waals surface area (Å²) in [6.45, 7) is 0.944. The van der Waals surface area contributed by atoms with E-state index >= 15 is 0 Å². The first-order chi connectivity index (χ1) is 11.8. The third-order valence-electron chi connectivity index (χ3n) is 3.77. The van der Waals surface area contributed by atoms with Gasteiger partial charge in [-0.15, -0.1) is 0 Å². The van der Waals surface area contributed by atoms with Gasteiger partial charge >= 0.3 is 0 Å². The summed E-state index contributed by atoms with van der Waals surface area (Å²) < 4.78 is 10.6. The molecule has 3 aromatic rings. The van der Waals surface area contributed by atoms with Crippen LogP contribution in [0.2, 0.25) is 0 Å². The molecule has 2 aromatic carbocycles. The number of benzene rings is 2. The molecular formula is C20H19NO3. The van der Waals surface area contributed by atoms with Gasteiger partial charge in [-0.05, 0) is 42.0 Å². The van der Waals surface area contributed by atoms with Crippen molar-refractivity contribution in [2.75, 3.05) is 7.11 Å². The Hall–Kier alpha value is -3.01. The number of rotatable bonds is 6. The third kappa shape index (κ3) is 3.84. The lowest BCUT2D eigenvalue weighted by atomic mass is 10.1. The average molecular weight is 321 g/mol. The van der Waals surface area contributed by atoms with E-state index in [4.69, 9.17) is 9.15 Å². The molecule has 4 nitrogen and oxygen atoms in total. The molecule has 0 unspecified atom stereocenters. The summed E-state index contributed by atoms with van der Waals surface area (Å²) in [7, 11) is 1.61. The number of carbonyl (C=O) groups excluding carboxylic acids is 1. The van der Waals surface area contributed by atoms with Crippen molar-refractivity contribution in [2.24, 2.45) is 0 Å². The molecule has 1 amide bonds. The molecule has 0 spiro atoms. The quantitative estimate of drug-likeness (QED) is 0.685. The van der Waals surface area contributed by atoms with Crippen LogP contribution >= 0.6 is 0 Å². The van der Waals surface area contributed by atoms with Crippen LogP contribution in [0.25, 0.3) is 0 Å². The van der Waals surface area contributed by atoms with Crippen molar-refractivity contribution in [3.8, 4) is 5.75 Å². The van der Waals surface area contributed by atoms with Crippen LogP contribution in [0, 0.1) is 0 Å². The Kier molecular flexibility index (Phi) is 4.96. The van der Waals surface area contributed by atoms with Gasteiger partial charge in [0.25, 0.3) is 5.91 Å². The van der Waals surface area contributed by atoms with Gasteiger partial charge in [0.2, 0.25) is 0 Å². The predicted molar refractivity (Wildman–Crippen MR) is 91.7 cm³/mol. The Labute approximate surface area is 141 Å². The number of carbonyl (C=O) groups is 1. The van der Waals surface area contributed by atoms with Gasteiger partial charge < -0.3 is 14.1 Å². The fourth-order valence-corrected chi connectivity index (χ4v) is 2.51. The Balaban J connectivity index is 1.83. The maximum Gasteiger partial charge on any atom is 0.254 e. The van der Waals surface area contributed by atoms with Gasteiger partial charge in [0, 0.05) is 12.1 Å². The van der Waals surface area contributed by atoms with Crippen LogP contribution in [0.15, 0.2) is 77.4 Å². The van der Waals surface area contributed by atoms with Gasteiger partial charge in [0.1, 0.15) is 11.5 Å². The van der Waals surface area contributed by atoms with Gasteiger partial charge in [0.05, 0.1) is 19.9 Å². The number of ether oxygens (including phenoxy) is 1. The summed E-state index contributed by atoms with van der Waals surface area (Å²) in [6, 6.07) is 20.8. The zero-order valence-corrected chi connectivity index (χ0v) is 13.5. The molecule has 0 saturated carbocycles. The van der Waals surface area contributed by atoms with E-state index in [-0.39, 0.29) is 5.91 Å². The molecule has 1 aromatic heterocycles. The minimum absolute atomic E-state index is 0.0436. The number of methoxy groups -OCH3 is 1. The molecule has 1 heterocycles. The monoisotopic (exact) mass is 321 g/mol. The summed E-state index contributed by atoms with van der Waals surface area (Å²) in [5.74, 6) is 1.44. The lowest BCUT2D eigenvalue weighted by molar-refractivity contribution is 0.0717. The minimum atomic E-state index is -0.0436. The lowest BCUT2D eigenvalue weighted by Gasteiger charge is -2.22. The zero-order chi connectivity index (χ0) is 16.8. The SMILES string of the molecule is COc1ccc(C(=O)N(Cc2ccccc2)Cc2ccco2)cc1. The van der Waals surface area contributed by atoms with Gasteiger partial charge in [-0.1, -0.05) is 30.3 Å². The summed E-state index contributed by atoms with van der Waals surface area (Å²) in [5, 5.41) is 0. The highest BCUT2D eigenvalue weighted by atomic mass is 16.5. The van der Waals surface area contributed by atoms with Crippen molar-refractivity contribution in [1.82, 2.24) is 4.90 Å². The van der Waals surface area contributed by atoms with E-state index in [0.717, 1.165) is 17.1 Å². The van der Waals surface area contributed by atoms with E-state index in [0.29, 0.717) is 18.7 Å². The van der Waals surface area contributed by atoms with Gasteiger partial charge in [-0.25, -0.2) is 0 Å². The number of nitrogens with zero attached hydrogens (tertiary/aromatic N) is 1. The van der Waals surface area contributed by atoms with Crippen molar-refractivity contribution >= 4 is 5.91 Å². The van der Waals surface area contributed by atoms with Crippen molar-refractivity contribution in [3.63, 3.8) is 0 Å². The standard InChI is InChI=1S/C20H19NO3/c1-23-18-11-9-17(10-12-18)20(22)21(15-19-8-5-13-24-19)14-16-6-3-2-4-7-16/h2-13H,14-15H2,1H3. The van der Waals surface area contributed by atoms with Crippen LogP contribution in [0.5, 0.6) is 5.75 Å². The molecule has 24 heavy (non-hydrogen) atoms. The van der Waals surface area contributed by atoms with Gasteiger partial charge in [-0.2, -0.15) is 0 Å². The second-order valence-electron chi connectivity index (χ2n) is 5.45. The van der Waals surface area contributed by atoms with Crippen LogP contribution in [0.1, 0.15) is 21.7 Å². The van der Waals surface area contributed by atoms with E-state index in [1.807, 2.05) is 42.5 Å². The normalized spacial score (nSPS) is 10.4. The second-order valence-corrected chi connectivity index (χ2v) is 5.45. The van der Waals surface area contributed by atoms with Crippen LogP contribution in [-0.4, -0.2) is 17.9 Å². The molecule has 0 aliphatic heterocycles. The molecule has 0 fully saturated rings. The minimum Gasteiger partial charge on any atom is -0.497 e. The van der Waals surface area contributed by atoms with Crippen molar-refractivity contribution in [3.05, 3.63) is 89.9 Å². The molecule has 122 valence electrons. The number of amides is 1. The van der Waals surface area contributed by atoms with Crippen LogP contribution < -0.4 is 4.74 Å². The van der Waals surface area contributed by atoms with Crippen LogP contribution in [0.3, 0.4) is 0 Å². The third-order valence-corrected chi connectivity index (χ3v) is 3.77. The molecule has 0 radical (unpaired) electrons. The van der Waals surface area contributed by atoms with E-state index in [2.05, 4.69) is 0 Å². The summed E-state index contributed by atoms with van der Waals surface area (Å²) in [5.41, 5.74) is 1.70. The maximum absolute atomic E-state index is 12.9. The molecular weight excluding hydrogens is 302 g/mol. The van der Waals surface area contributed by atoms with E-state index in [1.54, 1.807) is 42.5 Å². The fraction of sp³-hybridized carbons (Fsp3) is 0.150. The predicted octanol–water partition coefficient (Wildman–Crippen LogP) is 4.13. The first kappa shape index (κ1) is 15.9. The molecule has 0 saturated heterocycles. The highest BCUT2D eigenvalue weighted by molar-refractivity contribution is 5.94. The molecule has 0 aliphatic rings. The molecule has 3 rings (SSSR count). The van der Waals surface area contributed by atoms with Crippen molar-refractivity contribution < 1.29 is 13.9 Å². The largest absolute Gasteiger partial charge is 0.497 e. The topological polar surface area (TPSA) is 42.7 Å². The molecule has 0 atom stereocenters. The smallest absolute Gasteiger partial charge is 0.254 e. The van der Waals surface area contributed by atoms with Crippen molar-refractivity contribution in [2.45, 2.75) is 13.1 Å². The summed E-state index contributed by atoms with van der Waals surface area (Å²) in [6.07, 6.45) is 1.62. The molecule has 0 N–H and O–H groups in total. The van der Waals surface area contributed by atoms with Crippen LogP contribution in [-0.2, 0) is 13.1 Å². The highest BCUT2D eigenvalue weighted by Gasteiger charge is 2.18. The Bertz CT molecular complexity index is 764. The number of hydrogen-bond donors (Lipinski definition) is 0. The highest BCUT2D eigenvalue weighted by Crippen LogP contribution is 2.17. The lowest BCUT2D eigenvalue weighted by Crippen LogP contribution is -2.30. The fourth-order valence-electron chi connectivity index (χ4n) is 2.51. The Morgan fingerprint density at radius 2 is 1.71 bits per heavy atom. The Morgan fingerprint density at radius 1 is 0.958 bits per heavy atom. The summed E-state index contributed by atoms with van der Waals surface area (Å²) in [4.78, 5) is 14.7. The first-order valence-electron chi connectivity index (χ1n) is 7.76.